The summed E-state index contributed by atoms with van der Waals surface area (Å²) in [4.78, 5) is 29.3. The van der Waals surface area contributed by atoms with Crippen molar-refractivity contribution in [3.05, 3.63) is 101 Å². The minimum atomic E-state index is -0.891. The van der Waals surface area contributed by atoms with Gasteiger partial charge in [0.15, 0.2) is 0 Å². The Morgan fingerprint density at radius 2 is 1.39 bits per heavy atom. The second-order valence-corrected chi connectivity index (χ2v) is 9.52. The molecule has 3 aromatic carbocycles. The first-order valence-electron chi connectivity index (χ1n) is 12.8. The molecule has 0 atom stereocenters. The molecule has 0 spiro atoms. The van der Waals surface area contributed by atoms with E-state index in [1.807, 2.05) is 0 Å². The van der Waals surface area contributed by atoms with Crippen molar-refractivity contribution in [1.82, 2.24) is 14.4 Å². The fourth-order valence-electron chi connectivity index (χ4n) is 4.84. The molecule has 0 bridgehead atoms. The fraction of sp³-hybridized carbons (Fsp3) is 0.200. The molecule has 41 heavy (non-hydrogen) atoms. The van der Waals surface area contributed by atoms with Gasteiger partial charge in [-0.1, -0.05) is 0 Å². The van der Waals surface area contributed by atoms with Crippen LogP contribution in [0.4, 0.5) is 28.0 Å². The lowest BCUT2D eigenvalue weighted by Gasteiger charge is -2.34. The Labute approximate surface area is 233 Å². The van der Waals surface area contributed by atoms with Crippen molar-refractivity contribution in [3.63, 3.8) is 0 Å². The Morgan fingerprint density at radius 1 is 0.780 bits per heavy atom. The molecule has 11 heteroatoms. The molecule has 3 amide bonds. The highest BCUT2D eigenvalue weighted by atomic mass is 19.1. The van der Waals surface area contributed by atoms with Gasteiger partial charge < -0.3 is 24.4 Å². The number of piperazine rings is 1. The zero-order valence-corrected chi connectivity index (χ0v) is 22.3. The highest BCUT2D eigenvalue weighted by molar-refractivity contribution is 5.98. The maximum atomic E-state index is 15.0. The molecule has 1 aliphatic rings. The molecular formula is C30H26F4N4O3. The van der Waals surface area contributed by atoms with E-state index in [-0.39, 0.29) is 43.5 Å². The Morgan fingerprint density at radius 3 is 2.00 bits per heavy atom. The summed E-state index contributed by atoms with van der Waals surface area (Å²) >= 11 is 0. The number of urea groups is 1. The number of aromatic nitrogens is 1. The van der Waals surface area contributed by atoms with Gasteiger partial charge >= 0.3 is 6.03 Å². The van der Waals surface area contributed by atoms with Crippen molar-refractivity contribution in [2.45, 2.75) is 6.92 Å². The molecule has 0 saturated carbocycles. The number of anilines is 1. The van der Waals surface area contributed by atoms with Crippen LogP contribution in [0.15, 0.2) is 66.7 Å². The van der Waals surface area contributed by atoms with Crippen molar-refractivity contribution in [1.29, 1.82) is 0 Å². The fourth-order valence-corrected chi connectivity index (χ4v) is 4.84. The number of nitrogens with zero attached hydrogens (tertiary/aromatic N) is 3. The summed E-state index contributed by atoms with van der Waals surface area (Å²) in [7, 11) is 1.54. The molecule has 0 aliphatic carbocycles. The molecule has 1 aliphatic heterocycles. The highest BCUT2D eigenvalue weighted by Gasteiger charge is 2.29. The third kappa shape index (κ3) is 5.60. The number of methoxy groups -OCH3 is 1. The first kappa shape index (κ1) is 27.8. The number of halogens is 4. The van der Waals surface area contributed by atoms with E-state index in [0.29, 0.717) is 34.3 Å². The summed E-state index contributed by atoms with van der Waals surface area (Å²) in [6, 6.07) is 14.3. The normalized spacial score (nSPS) is 13.3. The number of benzene rings is 3. The van der Waals surface area contributed by atoms with Crippen LogP contribution in [0.3, 0.4) is 0 Å². The molecule has 7 nitrogen and oxygen atoms in total. The number of rotatable bonds is 5. The van der Waals surface area contributed by atoms with Gasteiger partial charge in [-0.2, -0.15) is 0 Å². The van der Waals surface area contributed by atoms with E-state index in [9.17, 15) is 27.2 Å². The minimum absolute atomic E-state index is 0.0864. The number of nitrogens with one attached hydrogen (secondary N) is 1. The summed E-state index contributed by atoms with van der Waals surface area (Å²) in [5.74, 6) is -2.84. The number of hydrogen-bond acceptors (Lipinski definition) is 3. The topological polar surface area (TPSA) is 66.8 Å². The van der Waals surface area contributed by atoms with Crippen molar-refractivity contribution >= 4 is 17.6 Å². The molecule has 1 aromatic heterocycles. The maximum absolute atomic E-state index is 15.0. The second-order valence-electron chi connectivity index (χ2n) is 9.52. The van der Waals surface area contributed by atoms with Gasteiger partial charge in [0, 0.05) is 44.0 Å². The summed E-state index contributed by atoms with van der Waals surface area (Å²) in [6.07, 6.45) is 0. The van der Waals surface area contributed by atoms with Gasteiger partial charge in [0.05, 0.1) is 29.7 Å². The zero-order valence-electron chi connectivity index (χ0n) is 22.3. The standard InChI is InChI=1S/C30H26F4N4O3/c1-18-23(29(39)36-11-13-37(14-12-36)30(40)35-26-9-5-20(31)15-24(26)33)17-28(19-3-7-22(41-2)8-4-19)38(18)27-10-6-21(32)16-25(27)34/h3-10,15-17H,11-14H2,1-2H3,(H,35,40). The van der Waals surface area contributed by atoms with Crippen LogP contribution in [0, 0.1) is 30.2 Å². The molecule has 4 aromatic rings. The van der Waals surface area contributed by atoms with E-state index >= 15 is 0 Å². The summed E-state index contributed by atoms with van der Waals surface area (Å²) in [6.45, 7) is 2.44. The van der Waals surface area contributed by atoms with Gasteiger partial charge in [-0.05, 0) is 67.1 Å². The van der Waals surface area contributed by atoms with E-state index < -0.39 is 29.3 Å². The average Bonchev–Trinajstić information content (AvgIpc) is 3.30. The summed E-state index contributed by atoms with van der Waals surface area (Å²) in [5.41, 5.74) is 1.93. The smallest absolute Gasteiger partial charge is 0.322 e. The molecule has 2 heterocycles. The third-order valence-corrected chi connectivity index (χ3v) is 7.04. The molecule has 212 valence electrons. The first-order chi connectivity index (χ1) is 19.7. The van der Waals surface area contributed by atoms with E-state index in [1.54, 1.807) is 46.7 Å². The van der Waals surface area contributed by atoms with Crippen molar-refractivity contribution in [2.75, 3.05) is 38.6 Å². The van der Waals surface area contributed by atoms with Crippen LogP contribution in [0.1, 0.15) is 16.1 Å². The van der Waals surface area contributed by atoms with Gasteiger partial charge in [0.25, 0.3) is 5.91 Å². The monoisotopic (exact) mass is 566 g/mol. The average molecular weight is 567 g/mol. The second kappa shape index (κ2) is 11.4. The molecule has 1 saturated heterocycles. The van der Waals surface area contributed by atoms with Crippen LogP contribution in [0.5, 0.6) is 5.75 Å². The van der Waals surface area contributed by atoms with E-state index in [2.05, 4.69) is 5.32 Å². The number of carbonyl (C=O) groups excluding carboxylic acids is 2. The number of amides is 3. The molecule has 1 fully saturated rings. The van der Waals surface area contributed by atoms with Gasteiger partial charge in [-0.15, -0.1) is 0 Å². The maximum Gasteiger partial charge on any atom is 0.322 e. The zero-order chi connectivity index (χ0) is 29.3. The lowest BCUT2D eigenvalue weighted by Crippen LogP contribution is -2.51. The van der Waals surface area contributed by atoms with Crippen LogP contribution < -0.4 is 10.1 Å². The lowest BCUT2D eigenvalue weighted by molar-refractivity contribution is 0.0671. The van der Waals surface area contributed by atoms with Gasteiger partial charge in [0.2, 0.25) is 0 Å². The summed E-state index contributed by atoms with van der Waals surface area (Å²) < 4.78 is 62.6. The number of ether oxygens (including phenoxy) is 1. The number of carbonyl (C=O) groups is 2. The van der Waals surface area contributed by atoms with Crippen molar-refractivity contribution < 1.29 is 31.9 Å². The van der Waals surface area contributed by atoms with Crippen LogP contribution in [0.25, 0.3) is 16.9 Å². The van der Waals surface area contributed by atoms with Gasteiger partial charge in [-0.3, -0.25) is 4.79 Å². The molecule has 0 unspecified atom stereocenters. The van der Waals surface area contributed by atoms with Gasteiger partial charge in [-0.25, -0.2) is 22.4 Å². The highest BCUT2D eigenvalue weighted by Crippen LogP contribution is 2.32. The van der Waals surface area contributed by atoms with Crippen LogP contribution >= 0.6 is 0 Å². The van der Waals surface area contributed by atoms with E-state index in [1.165, 1.54) is 18.1 Å². The van der Waals surface area contributed by atoms with Crippen molar-refractivity contribution in [2.24, 2.45) is 0 Å². The molecular weight excluding hydrogens is 540 g/mol. The molecule has 0 radical (unpaired) electrons. The first-order valence-corrected chi connectivity index (χ1v) is 12.8. The van der Waals surface area contributed by atoms with Crippen LogP contribution in [0.2, 0.25) is 0 Å². The Bertz CT molecular complexity index is 1610. The van der Waals surface area contributed by atoms with E-state index in [0.717, 1.165) is 24.3 Å². The minimum Gasteiger partial charge on any atom is -0.497 e. The Balaban J connectivity index is 1.39. The predicted octanol–water partition coefficient (Wildman–Crippen LogP) is 6.01. The SMILES string of the molecule is COc1ccc(-c2cc(C(=O)N3CCN(C(=O)Nc4ccc(F)cc4F)CC3)c(C)n2-c2ccc(F)cc2F)cc1. The number of hydrogen-bond donors (Lipinski definition) is 1. The quantitative estimate of drug-likeness (QED) is 0.301. The van der Waals surface area contributed by atoms with Gasteiger partial charge in [0.1, 0.15) is 29.0 Å². The van der Waals surface area contributed by atoms with E-state index in [4.69, 9.17) is 4.74 Å². The molecule has 1 N–H and O–H groups in total. The third-order valence-electron chi connectivity index (χ3n) is 7.04. The largest absolute Gasteiger partial charge is 0.497 e. The summed E-state index contributed by atoms with van der Waals surface area (Å²) in [5, 5.41) is 2.42. The van der Waals surface area contributed by atoms with Crippen LogP contribution in [-0.2, 0) is 0 Å². The van der Waals surface area contributed by atoms with Crippen molar-refractivity contribution in [3.8, 4) is 22.7 Å². The molecule has 5 rings (SSSR count). The Hall–Kier alpha value is -4.80. The lowest BCUT2D eigenvalue weighted by atomic mass is 10.1. The predicted molar refractivity (Wildman–Crippen MR) is 145 cm³/mol. The van der Waals surface area contributed by atoms with Crippen LogP contribution in [-0.4, -0.2) is 59.6 Å². The Kier molecular flexibility index (Phi) is 7.69.